The summed E-state index contributed by atoms with van der Waals surface area (Å²) in [5.41, 5.74) is 3.32. The van der Waals surface area contributed by atoms with Crippen molar-refractivity contribution in [1.29, 1.82) is 0 Å². The summed E-state index contributed by atoms with van der Waals surface area (Å²) in [5.74, 6) is 1.61. The fourth-order valence-corrected chi connectivity index (χ4v) is 3.76. The molecule has 0 aromatic heterocycles. The summed E-state index contributed by atoms with van der Waals surface area (Å²) in [6.45, 7) is 2.38. The lowest BCUT2D eigenvalue weighted by atomic mass is 9.83. The van der Waals surface area contributed by atoms with Crippen LogP contribution in [0.2, 0.25) is 0 Å². The van der Waals surface area contributed by atoms with Crippen molar-refractivity contribution < 1.29 is 0 Å². The van der Waals surface area contributed by atoms with Crippen molar-refractivity contribution in [2.75, 3.05) is 13.1 Å². The molecule has 18 heavy (non-hydrogen) atoms. The Bertz CT molecular complexity index is 371. The van der Waals surface area contributed by atoms with Crippen LogP contribution >= 0.6 is 0 Å². The number of rotatable bonds is 2. The molecule has 1 N–H and O–H groups in total. The summed E-state index contributed by atoms with van der Waals surface area (Å²) in [5, 5.41) is 3.51. The van der Waals surface area contributed by atoms with Gasteiger partial charge < -0.3 is 5.32 Å². The van der Waals surface area contributed by atoms with Crippen molar-refractivity contribution in [1.82, 2.24) is 5.32 Å². The second-order valence-corrected chi connectivity index (χ2v) is 6.01. The fraction of sp³-hybridized carbons (Fsp3) is 0.647. The second kappa shape index (κ2) is 5.88. The van der Waals surface area contributed by atoms with E-state index in [4.69, 9.17) is 0 Å². The van der Waals surface area contributed by atoms with Crippen molar-refractivity contribution in [3.63, 3.8) is 0 Å². The van der Waals surface area contributed by atoms with E-state index in [2.05, 4.69) is 29.6 Å². The van der Waals surface area contributed by atoms with Crippen LogP contribution in [0.15, 0.2) is 24.3 Å². The highest BCUT2D eigenvalue weighted by molar-refractivity contribution is 5.34. The summed E-state index contributed by atoms with van der Waals surface area (Å²) in [6.07, 6.45) is 9.91. The SMILES string of the molecule is c1ccc(C2CCNC2)c(C2CCCCCC2)c1. The molecule has 1 heteroatoms. The highest BCUT2D eigenvalue weighted by atomic mass is 14.9. The zero-order valence-corrected chi connectivity index (χ0v) is 11.3. The van der Waals surface area contributed by atoms with Gasteiger partial charge in [0.1, 0.15) is 0 Å². The van der Waals surface area contributed by atoms with Gasteiger partial charge in [-0.25, -0.2) is 0 Å². The van der Waals surface area contributed by atoms with Gasteiger partial charge in [0.25, 0.3) is 0 Å². The topological polar surface area (TPSA) is 12.0 Å². The molecule has 1 heterocycles. The molecular weight excluding hydrogens is 218 g/mol. The molecule has 1 aromatic rings. The van der Waals surface area contributed by atoms with E-state index < -0.39 is 0 Å². The number of hydrogen-bond donors (Lipinski definition) is 1. The summed E-state index contributed by atoms with van der Waals surface area (Å²) in [4.78, 5) is 0. The van der Waals surface area contributed by atoms with Crippen molar-refractivity contribution >= 4 is 0 Å². The lowest BCUT2D eigenvalue weighted by molar-refractivity contribution is 0.580. The third-order valence-corrected chi connectivity index (χ3v) is 4.79. The molecule has 0 radical (unpaired) electrons. The molecule has 1 saturated carbocycles. The lowest BCUT2D eigenvalue weighted by Gasteiger charge is -2.21. The first-order valence-electron chi connectivity index (χ1n) is 7.74. The van der Waals surface area contributed by atoms with E-state index in [0.717, 1.165) is 11.8 Å². The predicted molar refractivity (Wildman–Crippen MR) is 77.1 cm³/mol. The summed E-state index contributed by atoms with van der Waals surface area (Å²) < 4.78 is 0. The first-order valence-corrected chi connectivity index (χ1v) is 7.74. The third-order valence-electron chi connectivity index (χ3n) is 4.79. The van der Waals surface area contributed by atoms with Crippen LogP contribution in [0.4, 0.5) is 0 Å². The normalized spacial score (nSPS) is 26.1. The number of benzene rings is 1. The van der Waals surface area contributed by atoms with E-state index in [-0.39, 0.29) is 0 Å². The summed E-state index contributed by atoms with van der Waals surface area (Å²) in [6, 6.07) is 9.27. The zero-order valence-electron chi connectivity index (χ0n) is 11.3. The van der Waals surface area contributed by atoms with E-state index in [1.54, 1.807) is 11.1 Å². The molecule has 98 valence electrons. The molecule has 1 saturated heterocycles. The Labute approximate surface area is 111 Å². The van der Waals surface area contributed by atoms with Gasteiger partial charge in [-0.1, -0.05) is 49.9 Å². The molecule has 1 unspecified atom stereocenters. The molecule has 0 amide bonds. The Kier molecular flexibility index (Phi) is 3.99. The minimum atomic E-state index is 0.768. The van der Waals surface area contributed by atoms with Crippen LogP contribution in [0.3, 0.4) is 0 Å². The average molecular weight is 243 g/mol. The minimum Gasteiger partial charge on any atom is -0.316 e. The zero-order chi connectivity index (χ0) is 12.2. The van der Waals surface area contributed by atoms with Crippen LogP contribution in [0.25, 0.3) is 0 Å². The molecule has 2 aliphatic rings. The van der Waals surface area contributed by atoms with Crippen LogP contribution in [0, 0.1) is 0 Å². The van der Waals surface area contributed by atoms with Gasteiger partial charge in [-0.2, -0.15) is 0 Å². The molecule has 3 rings (SSSR count). The molecule has 0 bridgehead atoms. The maximum absolute atomic E-state index is 3.51. The van der Waals surface area contributed by atoms with E-state index in [0.29, 0.717) is 0 Å². The molecule has 0 spiro atoms. The molecule has 2 fully saturated rings. The fourth-order valence-electron chi connectivity index (χ4n) is 3.76. The monoisotopic (exact) mass is 243 g/mol. The Morgan fingerprint density at radius 3 is 2.06 bits per heavy atom. The van der Waals surface area contributed by atoms with Crippen LogP contribution in [-0.4, -0.2) is 13.1 Å². The van der Waals surface area contributed by atoms with E-state index in [9.17, 15) is 0 Å². The molecule has 1 aliphatic carbocycles. The summed E-state index contributed by atoms with van der Waals surface area (Å²) >= 11 is 0. The van der Waals surface area contributed by atoms with Crippen LogP contribution in [-0.2, 0) is 0 Å². The van der Waals surface area contributed by atoms with Gasteiger partial charge in [-0.15, -0.1) is 0 Å². The van der Waals surface area contributed by atoms with Crippen molar-refractivity contribution in [3.8, 4) is 0 Å². The predicted octanol–water partition coefficient (Wildman–Crippen LogP) is 4.20. The first-order chi connectivity index (χ1) is 8.95. The van der Waals surface area contributed by atoms with E-state index in [1.165, 1.54) is 58.0 Å². The van der Waals surface area contributed by atoms with Crippen LogP contribution < -0.4 is 5.32 Å². The van der Waals surface area contributed by atoms with Gasteiger partial charge in [0, 0.05) is 6.54 Å². The van der Waals surface area contributed by atoms with Gasteiger partial charge in [0.15, 0.2) is 0 Å². The highest BCUT2D eigenvalue weighted by Gasteiger charge is 2.23. The standard InChI is InChI=1S/C17H25N/c1-2-4-8-14(7-3-1)16-9-5-6-10-17(16)15-11-12-18-13-15/h5-6,9-10,14-15,18H,1-4,7-8,11-13H2. The lowest BCUT2D eigenvalue weighted by Crippen LogP contribution is -2.11. The Morgan fingerprint density at radius 2 is 1.44 bits per heavy atom. The molecule has 1 aliphatic heterocycles. The van der Waals surface area contributed by atoms with Gasteiger partial charge in [-0.05, 0) is 48.8 Å². The van der Waals surface area contributed by atoms with Gasteiger partial charge in [0.05, 0.1) is 0 Å². The molecular formula is C17H25N. The van der Waals surface area contributed by atoms with E-state index in [1.807, 2.05) is 0 Å². The molecule has 1 nitrogen and oxygen atoms in total. The van der Waals surface area contributed by atoms with Crippen molar-refractivity contribution in [2.45, 2.75) is 56.8 Å². The molecule has 1 aromatic carbocycles. The quantitative estimate of drug-likeness (QED) is 0.768. The maximum Gasteiger partial charge on any atom is 0.00207 e. The minimum absolute atomic E-state index is 0.768. The van der Waals surface area contributed by atoms with Crippen LogP contribution in [0.1, 0.15) is 67.9 Å². The largest absolute Gasteiger partial charge is 0.316 e. The third kappa shape index (κ3) is 2.61. The number of nitrogens with one attached hydrogen (secondary N) is 1. The van der Waals surface area contributed by atoms with Crippen molar-refractivity contribution in [3.05, 3.63) is 35.4 Å². The average Bonchev–Trinajstić information content (AvgIpc) is 2.81. The number of hydrogen-bond acceptors (Lipinski definition) is 1. The smallest absolute Gasteiger partial charge is 0.00207 e. The van der Waals surface area contributed by atoms with E-state index >= 15 is 0 Å². The first kappa shape index (κ1) is 12.2. The van der Waals surface area contributed by atoms with Gasteiger partial charge >= 0.3 is 0 Å². The molecule has 1 atom stereocenters. The van der Waals surface area contributed by atoms with Crippen LogP contribution in [0.5, 0.6) is 0 Å². The van der Waals surface area contributed by atoms with Crippen molar-refractivity contribution in [2.24, 2.45) is 0 Å². The Balaban J connectivity index is 1.85. The van der Waals surface area contributed by atoms with Gasteiger partial charge in [-0.3, -0.25) is 0 Å². The van der Waals surface area contributed by atoms with Gasteiger partial charge in [0.2, 0.25) is 0 Å². The Morgan fingerprint density at radius 1 is 0.778 bits per heavy atom. The highest BCUT2D eigenvalue weighted by Crippen LogP contribution is 2.37. The Hall–Kier alpha value is -0.820. The summed E-state index contributed by atoms with van der Waals surface area (Å²) in [7, 11) is 0. The maximum atomic E-state index is 3.51. The second-order valence-electron chi connectivity index (χ2n) is 6.01.